The number of nitro groups is 1. The van der Waals surface area contributed by atoms with E-state index in [2.05, 4.69) is 17.3 Å². The minimum atomic E-state index is -0.744. The van der Waals surface area contributed by atoms with Crippen molar-refractivity contribution in [3.63, 3.8) is 0 Å². The van der Waals surface area contributed by atoms with Crippen molar-refractivity contribution in [2.75, 3.05) is 7.11 Å². The van der Waals surface area contributed by atoms with Crippen molar-refractivity contribution in [2.24, 2.45) is 40.6 Å². The number of rotatable bonds is 4. The summed E-state index contributed by atoms with van der Waals surface area (Å²) < 4.78 is 4.95. The van der Waals surface area contributed by atoms with Crippen LogP contribution in [0.2, 0.25) is 0 Å². The van der Waals surface area contributed by atoms with Gasteiger partial charge in [0, 0.05) is 11.6 Å². The van der Waals surface area contributed by atoms with E-state index in [4.69, 9.17) is 4.74 Å². The summed E-state index contributed by atoms with van der Waals surface area (Å²) >= 11 is 0. The molecule has 144 valence electrons. The van der Waals surface area contributed by atoms with Crippen LogP contribution < -0.4 is 4.74 Å². The highest BCUT2D eigenvalue weighted by Crippen LogP contribution is 2.65. The number of imide groups is 1. The zero-order valence-corrected chi connectivity index (χ0v) is 14.9. The topological polar surface area (TPSA) is 122 Å². The van der Waals surface area contributed by atoms with Crippen molar-refractivity contribution in [3.05, 3.63) is 40.0 Å². The SMILES string of the molecule is COc1cc(/C=N\N2C(=O)[C@@H]3[C@H]4C=C[C@@H]([C@@H]5C[C@@H]45)[C@H]3C2=O)cc([N+](=O)[O-])c1O. The van der Waals surface area contributed by atoms with E-state index in [0.29, 0.717) is 11.8 Å². The fourth-order valence-corrected chi connectivity index (χ4v) is 5.16. The molecule has 0 spiro atoms. The third-order valence-corrected chi connectivity index (χ3v) is 6.46. The number of carbonyl (C=O) groups excluding carboxylic acids is 2. The fraction of sp³-hybridized carbons (Fsp3) is 0.421. The Hall–Kier alpha value is -3.23. The lowest BCUT2D eigenvalue weighted by molar-refractivity contribution is -0.386. The highest BCUT2D eigenvalue weighted by molar-refractivity contribution is 6.06. The molecule has 2 amide bonds. The summed E-state index contributed by atoms with van der Waals surface area (Å²) in [7, 11) is 1.27. The second-order valence-corrected chi connectivity index (χ2v) is 7.74. The molecule has 1 aromatic rings. The van der Waals surface area contributed by atoms with Crippen molar-refractivity contribution in [2.45, 2.75) is 6.42 Å². The van der Waals surface area contributed by atoms with Crippen molar-refractivity contribution < 1.29 is 24.4 Å². The van der Waals surface area contributed by atoms with E-state index in [0.717, 1.165) is 17.5 Å². The number of hydrogen-bond donors (Lipinski definition) is 1. The minimum absolute atomic E-state index is 0.0919. The van der Waals surface area contributed by atoms with Crippen LogP contribution in [0.3, 0.4) is 0 Å². The van der Waals surface area contributed by atoms with Gasteiger partial charge in [0.25, 0.3) is 11.8 Å². The summed E-state index contributed by atoms with van der Waals surface area (Å²) in [4.78, 5) is 36.1. The Morgan fingerprint density at radius 2 is 1.82 bits per heavy atom. The van der Waals surface area contributed by atoms with E-state index in [1.54, 1.807) is 0 Å². The number of methoxy groups -OCH3 is 1. The summed E-state index contributed by atoms with van der Waals surface area (Å²) in [6.07, 6.45) is 6.44. The number of phenols is 1. The lowest BCUT2D eigenvalue weighted by atomic mass is 9.63. The number of ether oxygens (including phenoxy) is 1. The molecule has 3 fully saturated rings. The third-order valence-electron chi connectivity index (χ3n) is 6.46. The molecule has 5 aliphatic rings. The summed E-state index contributed by atoms with van der Waals surface area (Å²) in [5.74, 6) is -0.803. The average molecular weight is 383 g/mol. The normalized spacial score (nSPS) is 34.7. The van der Waals surface area contributed by atoms with E-state index in [9.17, 15) is 24.8 Å². The Labute approximate surface area is 159 Å². The van der Waals surface area contributed by atoms with Gasteiger partial charge in [0.15, 0.2) is 5.75 Å². The van der Waals surface area contributed by atoms with E-state index in [-0.39, 0.29) is 46.8 Å². The largest absolute Gasteiger partial charge is 0.500 e. The van der Waals surface area contributed by atoms with Crippen molar-refractivity contribution in [3.8, 4) is 11.5 Å². The maximum absolute atomic E-state index is 12.9. The van der Waals surface area contributed by atoms with E-state index < -0.39 is 16.4 Å². The van der Waals surface area contributed by atoms with Gasteiger partial charge in [-0.3, -0.25) is 19.7 Å². The van der Waals surface area contributed by atoms with Crippen molar-refractivity contribution in [1.29, 1.82) is 0 Å². The molecule has 9 heteroatoms. The number of allylic oxidation sites excluding steroid dienone is 2. The molecule has 28 heavy (non-hydrogen) atoms. The number of hydrogen-bond acceptors (Lipinski definition) is 7. The number of amides is 2. The molecular weight excluding hydrogens is 366 g/mol. The standard InChI is InChI=1S/C19H17N3O6/c1-28-14-5-8(4-13(17(14)23)22(26)27)7-20-21-18(24)15-9-2-3-10(12-6-11(9)12)16(15)19(21)25/h2-5,7,9-12,15-16,23H,6H2,1H3/b20-7-/t9-,10-,11-,12-,15+,16+/m0/s1. The predicted octanol–water partition coefficient (Wildman–Crippen LogP) is 1.70. The fourth-order valence-electron chi connectivity index (χ4n) is 5.16. The summed E-state index contributed by atoms with van der Waals surface area (Å²) in [6.45, 7) is 0. The maximum atomic E-state index is 12.9. The van der Waals surface area contributed by atoms with Gasteiger partial charge < -0.3 is 9.84 Å². The monoisotopic (exact) mass is 383 g/mol. The minimum Gasteiger partial charge on any atom is -0.500 e. The number of nitro benzene ring substituents is 1. The molecule has 6 rings (SSSR count). The molecule has 1 aromatic carbocycles. The van der Waals surface area contributed by atoms with Gasteiger partial charge in [-0.2, -0.15) is 10.1 Å². The van der Waals surface area contributed by atoms with Gasteiger partial charge in [-0.1, -0.05) is 12.2 Å². The molecule has 6 atom stereocenters. The highest BCUT2D eigenvalue weighted by Gasteiger charge is 2.67. The van der Waals surface area contributed by atoms with Crippen LogP contribution in [-0.2, 0) is 9.59 Å². The average Bonchev–Trinajstić information content (AvgIpc) is 3.46. The molecule has 1 N–H and O–H groups in total. The number of phenolic OH excluding ortho intramolecular Hbond substituents is 1. The molecule has 1 aliphatic heterocycles. The van der Waals surface area contributed by atoms with Gasteiger partial charge in [-0.05, 0) is 36.2 Å². The molecule has 1 saturated heterocycles. The first-order valence-corrected chi connectivity index (χ1v) is 9.08. The van der Waals surface area contributed by atoms with E-state index >= 15 is 0 Å². The second kappa shape index (κ2) is 5.63. The first kappa shape index (κ1) is 16.9. The van der Waals surface area contributed by atoms with Crippen LogP contribution in [0.4, 0.5) is 5.69 Å². The quantitative estimate of drug-likeness (QED) is 0.278. The molecule has 0 unspecified atom stereocenters. The summed E-state index contributed by atoms with van der Waals surface area (Å²) in [6, 6.07) is 2.46. The number of aromatic hydroxyl groups is 1. The molecule has 4 aliphatic carbocycles. The molecular formula is C19H17N3O6. The van der Waals surface area contributed by atoms with Gasteiger partial charge in [-0.25, -0.2) is 0 Å². The Morgan fingerprint density at radius 3 is 2.36 bits per heavy atom. The van der Waals surface area contributed by atoms with Gasteiger partial charge >= 0.3 is 5.69 Å². The van der Waals surface area contributed by atoms with Crippen LogP contribution in [0.1, 0.15) is 12.0 Å². The third kappa shape index (κ3) is 2.15. The first-order valence-electron chi connectivity index (χ1n) is 9.08. The smallest absolute Gasteiger partial charge is 0.315 e. The molecule has 2 bridgehead atoms. The number of hydrazone groups is 1. The molecule has 0 radical (unpaired) electrons. The van der Waals surface area contributed by atoms with Crippen LogP contribution in [0.5, 0.6) is 11.5 Å². The summed E-state index contributed by atoms with van der Waals surface area (Å²) in [5, 5.41) is 25.9. The van der Waals surface area contributed by atoms with Crippen LogP contribution in [0.15, 0.2) is 29.4 Å². The number of carbonyl (C=O) groups is 2. The second-order valence-electron chi connectivity index (χ2n) is 7.74. The first-order chi connectivity index (χ1) is 13.4. The van der Waals surface area contributed by atoms with E-state index in [1.807, 2.05) is 0 Å². The molecule has 9 nitrogen and oxygen atoms in total. The highest BCUT2D eigenvalue weighted by atomic mass is 16.6. The summed E-state index contributed by atoms with van der Waals surface area (Å²) in [5.41, 5.74) is -0.309. The zero-order chi connectivity index (χ0) is 19.7. The van der Waals surface area contributed by atoms with Crippen molar-refractivity contribution in [1.82, 2.24) is 5.01 Å². The van der Waals surface area contributed by atoms with Gasteiger partial charge in [0.1, 0.15) is 0 Å². The maximum Gasteiger partial charge on any atom is 0.315 e. The van der Waals surface area contributed by atoms with E-state index in [1.165, 1.54) is 19.4 Å². The Kier molecular flexibility index (Phi) is 3.40. The van der Waals surface area contributed by atoms with Crippen LogP contribution in [-0.4, -0.2) is 40.2 Å². The predicted molar refractivity (Wildman–Crippen MR) is 95.5 cm³/mol. The lowest BCUT2D eigenvalue weighted by Gasteiger charge is -2.37. The molecule has 1 heterocycles. The van der Waals surface area contributed by atoms with Crippen LogP contribution in [0.25, 0.3) is 0 Å². The lowest BCUT2D eigenvalue weighted by Crippen LogP contribution is -2.40. The number of nitrogens with zero attached hydrogens (tertiary/aromatic N) is 3. The Balaban J connectivity index is 1.45. The van der Waals surface area contributed by atoms with Gasteiger partial charge in [0.2, 0.25) is 5.75 Å². The van der Waals surface area contributed by atoms with Crippen molar-refractivity contribution >= 4 is 23.7 Å². The zero-order valence-electron chi connectivity index (χ0n) is 14.9. The molecule has 2 saturated carbocycles. The Bertz CT molecular complexity index is 950. The van der Waals surface area contributed by atoms with Gasteiger partial charge in [0.05, 0.1) is 30.1 Å². The van der Waals surface area contributed by atoms with Crippen LogP contribution in [0, 0.1) is 45.6 Å². The number of benzene rings is 1. The van der Waals surface area contributed by atoms with Gasteiger partial charge in [-0.15, -0.1) is 0 Å². The molecule has 0 aromatic heterocycles. The van der Waals surface area contributed by atoms with Crippen LogP contribution >= 0.6 is 0 Å². The Morgan fingerprint density at radius 1 is 1.21 bits per heavy atom.